The zero-order valence-electron chi connectivity index (χ0n) is 36.7. The Morgan fingerprint density at radius 3 is 2.34 bits per heavy atom. The molecule has 0 atom stereocenters. The van der Waals surface area contributed by atoms with Gasteiger partial charge in [0.2, 0.25) is 21.9 Å². The Morgan fingerprint density at radius 1 is 0.940 bits per heavy atom. The van der Waals surface area contributed by atoms with Crippen LogP contribution in [0.15, 0.2) is 64.7 Å². The molecule has 4 N–H and O–H groups in total. The number of aliphatic imine (C=N–C) groups is 1. The summed E-state index contributed by atoms with van der Waals surface area (Å²) in [6, 6.07) is 12.4. The number of hydrogen-bond acceptors (Lipinski definition) is 12. The van der Waals surface area contributed by atoms with Crippen LogP contribution in [0.4, 0.5) is 48.6 Å². The molecule has 2 aromatic heterocycles. The lowest BCUT2D eigenvalue weighted by molar-refractivity contribution is -0.138. The number of amides is 3. The highest BCUT2D eigenvalue weighted by Crippen LogP contribution is 2.36. The lowest BCUT2D eigenvalue weighted by Crippen LogP contribution is -2.49. The van der Waals surface area contributed by atoms with Gasteiger partial charge < -0.3 is 20.9 Å². The quantitative estimate of drug-likeness (QED) is 0.110. The zero-order valence-corrected chi connectivity index (χ0v) is 37.5. The average Bonchev–Trinajstić information content (AvgIpc) is 3.62. The maximum atomic E-state index is 13.9. The van der Waals surface area contributed by atoms with Crippen molar-refractivity contribution in [3.05, 3.63) is 71.7 Å². The van der Waals surface area contributed by atoms with Gasteiger partial charge in [-0.2, -0.15) is 35.7 Å². The summed E-state index contributed by atoms with van der Waals surface area (Å²) in [4.78, 5) is 41.5. The molecule has 8 rings (SSSR count). The van der Waals surface area contributed by atoms with E-state index in [-0.39, 0.29) is 49.1 Å². The minimum absolute atomic E-state index is 0.115. The lowest BCUT2D eigenvalue weighted by Gasteiger charge is -2.38. The Balaban J connectivity index is 0.812. The number of allylic oxidation sites excluding steroid dienone is 1. The van der Waals surface area contributed by atoms with E-state index < -0.39 is 57.8 Å². The predicted octanol–water partition coefficient (Wildman–Crippen LogP) is 6.12. The molecule has 3 amide bonds. The monoisotopic (exact) mass is 958 g/mol. The molecular weight excluding hydrogens is 907 g/mol. The number of likely N-dealkylation sites (tertiary alicyclic amines) is 1. The summed E-state index contributed by atoms with van der Waals surface area (Å²) in [6.07, 6.45) is -3.04. The Labute approximate surface area is 383 Å². The predicted molar refractivity (Wildman–Crippen MR) is 240 cm³/mol. The van der Waals surface area contributed by atoms with Crippen molar-refractivity contribution < 1.29 is 44.3 Å². The van der Waals surface area contributed by atoms with Crippen LogP contribution in [0.25, 0.3) is 16.5 Å². The fourth-order valence-corrected chi connectivity index (χ4v) is 10.9. The van der Waals surface area contributed by atoms with Crippen LogP contribution in [0.2, 0.25) is 0 Å². The molecule has 67 heavy (non-hydrogen) atoms. The van der Waals surface area contributed by atoms with Crippen molar-refractivity contribution >= 4 is 62.1 Å². The number of alkyl halides is 6. The van der Waals surface area contributed by atoms with Gasteiger partial charge in [-0.25, -0.2) is 23.2 Å². The van der Waals surface area contributed by atoms with E-state index in [2.05, 4.69) is 52.6 Å². The van der Waals surface area contributed by atoms with Crippen molar-refractivity contribution in [1.82, 2.24) is 34.3 Å². The molecule has 2 aromatic carbocycles. The van der Waals surface area contributed by atoms with Gasteiger partial charge in [0.15, 0.2) is 5.82 Å². The summed E-state index contributed by atoms with van der Waals surface area (Å²) in [6.45, 7) is 3.45. The molecule has 4 saturated heterocycles. The number of nitrogens with two attached hydrogens (primary N) is 1. The van der Waals surface area contributed by atoms with Crippen LogP contribution in [-0.2, 0) is 28.0 Å². The molecule has 360 valence electrons. The molecule has 4 aromatic rings. The highest BCUT2D eigenvalue weighted by Gasteiger charge is 2.37. The zero-order chi connectivity index (χ0) is 47.7. The molecule has 4 aliphatic rings. The molecule has 0 aliphatic carbocycles. The van der Waals surface area contributed by atoms with Gasteiger partial charge in [-0.3, -0.25) is 24.7 Å². The minimum atomic E-state index is -4.94. The molecule has 0 bridgehead atoms. The first-order valence-corrected chi connectivity index (χ1v) is 23.7. The number of sulfonamides is 1. The number of fused-ring (bicyclic) bond motifs is 1. The minimum Gasteiger partial charge on any atom is -0.404 e. The number of hydrogen-bond donors (Lipinski definition) is 3. The van der Waals surface area contributed by atoms with Crippen LogP contribution in [-0.4, -0.2) is 127 Å². The van der Waals surface area contributed by atoms with Gasteiger partial charge in [0.25, 0.3) is 0 Å². The van der Waals surface area contributed by atoms with Gasteiger partial charge in [-0.05, 0) is 99.3 Å². The first kappa shape index (κ1) is 47.7. The number of aryl methyl sites for hydroxylation is 1. The number of benzene rings is 2. The largest absolute Gasteiger partial charge is 0.419 e. The third-order valence-electron chi connectivity index (χ3n) is 13.0. The summed E-state index contributed by atoms with van der Waals surface area (Å²) >= 11 is 0. The number of urea groups is 1. The maximum absolute atomic E-state index is 13.9. The number of nitrogens with zero attached hydrogens (tertiary/aromatic N) is 9. The molecule has 0 radical (unpaired) electrons. The first-order valence-electron chi connectivity index (χ1n) is 22.2. The van der Waals surface area contributed by atoms with E-state index in [9.17, 15) is 44.3 Å². The summed E-state index contributed by atoms with van der Waals surface area (Å²) in [5.74, 6) is 0.951. The van der Waals surface area contributed by atoms with Gasteiger partial charge in [0.1, 0.15) is 12.1 Å². The van der Waals surface area contributed by atoms with Crippen molar-refractivity contribution in [1.29, 1.82) is 0 Å². The maximum Gasteiger partial charge on any atom is 0.419 e. The fourth-order valence-electron chi connectivity index (χ4n) is 9.38. The number of carbonyl (C=O) groups excluding carboxylic acids is 2. The smallest absolute Gasteiger partial charge is 0.404 e. The van der Waals surface area contributed by atoms with E-state index in [1.165, 1.54) is 14.8 Å². The van der Waals surface area contributed by atoms with Crippen LogP contribution in [0, 0.1) is 5.92 Å². The van der Waals surface area contributed by atoms with Gasteiger partial charge in [-0.15, -0.1) is 0 Å². The highest BCUT2D eigenvalue weighted by atomic mass is 32.2. The Morgan fingerprint density at radius 2 is 1.67 bits per heavy atom. The van der Waals surface area contributed by atoms with Crippen LogP contribution in [0.1, 0.15) is 67.7 Å². The average molecular weight is 959 g/mol. The number of aromatic nitrogens is 4. The fraction of sp³-hybridized carbons (Fsp3) is 0.500. The van der Waals surface area contributed by atoms with Crippen LogP contribution >= 0.6 is 0 Å². The Hall–Kier alpha value is -5.81. The molecule has 0 saturated carbocycles. The van der Waals surface area contributed by atoms with E-state index >= 15 is 0 Å². The first-order chi connectivity index (χ1) is 31.9. The number of rotatable bonds is 12. The van der Waals surface area contributed by atoms with Crippen molar-refractivity contribution in [3.63, 3.8) is 0 Å². The van der Waals surface area contributed by atoms with Crippen molar-refractivity contribution in [3.8, 4) is 0 Å². The number of piperidine rings is 3. The van der Waals surface area contributed by atoms with Gasteiger partial charge in [0.05, 0.1) is 16.1 Å². The second-order valence-corrected chi connectivity index (χ2v) is 19.4. The summed E-state index contributed by atoms with van der Waals surface area (Å²) in [7, 11) is -2.02. The number of nitrogens with one attached hydrogen (secondary N) is 2. The number of anilines is 3. The highest BCUT2D eigenvalue weighted by molar-refractivity contribution is 7.89. The Kier molecular flexibility index (Phi) is 13.8. The van der Waals surface area contributed by atoms with Crippen LogP contribution < -0.4 is 26.2 Å². The third-order valence-corrected chi connectivity index (χ3v) is 14.9. The molecule has 0 spiro atoms. The lowest BCUT2D eigenvalue weighted by atomic mass is 9.88. The van der Waals surface area contributed by atoms with E-state index in [0.717, 1.165) is 75.0 Å². The van der Waals surface area contributed by atoms with Crippen molar-refractivity contribution in [2.75, 3.05) is 74.0 Å². The van der Waals surface area contributed by atoms with Crippen LogP contribution in [0.5, 0.6) is 0 Å². The molecule has 4 fully saturated rings. The van der Waals surface area contributed by atoms with E-state index in [1.807, 2.05) is 19.2 Å². The van der Waals surface area contributed by atoms with Crippen molar-refractivity contribution in [2.45, 2.75) is 74.2 Å². The molecule has 23 heteroatoms. The molecule has 16 nitrogen and oxygen atoms in total. The summed E-state index contributed by atoms with van der Waals surface area (Å²) in [5, 5.41) is 10.8. The molecule has 4 aliphatic heterocycles. The molecule has 0 unspecified atom stereocenters. The summed E-state index contributed by atoms with van der Waals surface area (Å²) < 4.78 is 110. The van der Waals surface area contributed by atoms with E-state index in [1.54, 1.807) is 22.9 Å². The van der Waals surface area contributed by atoms with Gasteiger partial charge in [0, 0.05) is 94.0 Å². The molecule has 6 heterocycles. The standard InChI is InChI=1S/C44H52F6N12O4S/c1-58-37-21-30(5-6-35(37)40(57-58)62-20-13-38(63)55-42(62)64)29-9-14-59(15-10-29)26-28-7-16-60(17-8-28)33-3-2-4-34(22-33)67(65,66)61-18-11-32(12-19-61)54-41-53-25-36(44(48,49)50)39(56-41)31(23-51)24-52-27-43(45,46)47/h2-6,21-25,28-29,32H,7-20,26-27,51H2,1H3,(H,53,54,56)(H,55,63,64)/b31-23+,52-24?. The normalized spacial score (nSPS) is 19.8. The number of halogens is 6. The second-order valence-electron chi connectivity index (χ2n) is 17.5. The topological polar surface area (TPSA) is 187 Å². The van der Waals surface area contributed by atoms with Gasteiger partial charge in [-0.1, -0.05) is 12.1 Å². The SMILES string of the molecule is Cn1nc(N2CCC(=O)NC2=O)c2ccc(C3CCN(CC4CCN(c5cccc(S(=O)(=O)N6CCC(Nc7ncc(C(F)(F)F)c(/C(C=NCC(F)(F)F)=C/N)n7)CC6)c5)CC4)CC3)cc21. The van der Waals surface area contributed by atoms with Crippen molar-refractivity contribution in [2.24, 2.45) is 23.7 Å². The third kappa shape index (κ3) is 11.0. The molecular formula is C44H52F6N12O4S. The van der Waals surface area contributed by atoms with Gasteiger partial charge >= 0.3 is 18.4 Å². The van der Waals surface area contributed by atoms with E-state index in [0.29, 0.717) is 42.8 Å². The van der Waals surface area contributed by atoms with Crippen LogP contribution in [0.3, 0.4) is 0 Å². The number of imide groups is 1. The van der Waals surface area contributed by atoms with E-state index in [4.69, 9.17) is 5.73 Å². The second kappa shape index (κ2) is 19.4. The Bertz CT molecular complexity index is 2630. The summed E-state index contributed by atoms with van der Waals surface area (Å²) in [5.41, 5.74) is 5.96. The number of carbonyl (C=O) groups is 2.